The van der Waals surface area contributed by atoms with Crippen LogP contribution < -0.4 is 4.74 Å². The highest BCUT2D eigenvalue weighted by molar-refractivity contribution is 6.75. The molecule has 4 atom stereocenters. The van der Waals surface area contributed by atoms with Gasteiger partial charge < -0.3 is 27.5 Å². The summed E-state index contributed by atoms with van der Waals surface area (Å²) in [6.45, 7) is 37.2. The van der Waals surface area contributed by atoms with Crippen molar-refractivity contribution in [1.82, 2.24) is 0 Å². The van der Waals surface area contributed by atoms with Gasteiger partial charge in [-0.3, -0.25) is 0 Å². The van der Waals surface area contributed by atoms with Crippen LogP contribution in [0.5, 0.6) is 5.75 Å². The van der Waals surface area contributed by atoms with Crippen LogP contribution in [0.3, 0.4) is 0 Å². The maximum Gasteiger partial charge on any atom is 0.192 e. The maximum atomic E-state index is 12.0. The van der Waals surface area contributed by atoms with Crippen LogP contribution in [0.25, 0.3) is 0 Å². The second-order valence-corrected chi connectivity index (χ2v) is 32.7. The van der Waals surface area contributed by atoms with Crippen molar-refractivity contribution in [3.8, 4) is 5.75 Å². The number of carbonyl (C=O) groups excluding carboxylic acids is 1. The lowest BCUT2D eigenvalue weighted by Gasteiger charge is -2.44. The smallest absolute Gasteiger partial charge is 0.192 e. The van der Waals surface area contributed by atoms with Gasteiger partial charge in [0.1, 0.15) is 12.0 Å². The van der Waals surface area contributed by atoms with Crippen molar-refractivity contribution in [3.63, 3.8) is 0 Å². The van der Waals surface area contributed by atoms with E-state index < -0.39 is 25.0 Å². The molecule has 0 fully saturated rings. The van der Waals surface area contributed by atoms with Crippen molar-refractivity contribution in [3.05, 3.63) is 29.8 Å². The first kappa shape index (κ1) is 45.2. The van der Waals surface area contributed by atoms with Crippen molar-refractivity contribution in [2.75, 3.05) is 7.11 Å². The van der Waals surface area contributed by atoms with E-state index in [2.05, 4.69) is 121 Å². The summed E-state index contributed by atoms with van der Waals surface area (Å²) in [7, 11) is -4.66. The van der Waals surface area contributed by atoms with Gasteiger partial charge in [0, 0.05) is 12.5 Å². The van der Waals surface area contributed by atoms with E-state index in [0.29, 0.717) is 19.4 Å². The average Bonchev–Trinajstić information content (AvgIpc) is 2.93. The summed E-state index contributed by atoms with van der Waals surface area (Å²) < 4.78 is 33.5. The lowest BCUT2D eigenvalue weighted by Crippen LogP contribution is -2.49. The minimum atomic E-state index is -2.13. The minimum Gasteiger partial charge on any atom is -0.497 e. The fourth-order valence-corrected chi connectivity index (χ4v) is 9.10. The predicted octanol–water partition coefficient (Wildman–Crippen LogP) is 11.7. The summed E-state index contributed by atoms with van der Waals surface area (Å²) in [5.74, 6) is 0.846. The molecule has 0 heterocycles. The largest absolute Gasteiger partial charge is 0.497 e. The number of hydrogen-bond donors (Lipinski definition) is 0. The Kier molecular flexibility index (Phi) is 17.5. The quantitative estimate of drug-likeness (QED) is 0.0929. The summed E-state index contributed by atoms with van der Waals surface area (Å²) in [6, 6.07) is 8.15. The van der Waals surface area contributed by atoms with E-state index in [-0.39, 0.29) is 39.5 Å². The lowest BCUT2D eigenvalue weighted by atomic mass is 9.98. The van der Waals surface area contributed by atoms with E-state index in [9.17, 15) is 4.79 Å². The Bertz CT molecular complexity index is 1070. The molecule has 1 aromatic carbocycles. The second-order valence-electron chi connectivity index (χ2n) is 18.5. The molecule has 0 saturated carbocycles. The highest BCUT2D eigenvalue weighted by atomic mass is 28.4. The van der Waals surface area contributed by atoms with Crippen molar-refractivity contribution >= 4 is 31.2 Å². The molecule has 0 radical (unpaired) electrons. The van der Waals surface area contributed by atoms with Crippen LogP contribution >= 0.6 is 0 Å². The fraction of sp³-hybridized carbons (Fsp3) is 0.821. The molecule has 280 valence electrons. The number of rotatable bonds is 21. The van der Waals surface area contributed by atoms with E-state index in [0.717, 1.165) is 49.7 Å². The van der Waals surface area contributed by atoms with E-state index in [1.54, 1.807) is 7.11 Å². The number of aldehydes is 1. The molecular formula is C39H76O6Si3. The Morgan fingerprint density at radius 3 is 1.58 bits per heavy atom. The molecule has 0 saturated heterocycles. The van der Waals surface area contributed by atoms with Gasteiger partial charge in [-0.2, -0.15) is 0 Å². The normalized spacial score (nSPS) is 16.4. The summed E-state index contributed by atoms with van der Waals surface area (Å²) in [4.78, 5) is 12.0. The molecule has 0 spiro atoms. The number of unbranched alkanes of at least 4 members (excludes halogenated alkanes) is 1. The van der Waals surface area contributed by atoms with E-state index >= 15 is 0 Å². The number of methoxy groups -OCH3 is 1. The first-order valence-electron chi connectivity index (χ1n) is 18.5. The summed E-state index contributed by atoms with van der Waals surface area (Å²) in [6.07, 6.45) is 6.60. The molecule has 9 heteroatoms. The predicted molar refractivity (Wildman–Crippen MR) is 212 cm³/mol. The molecule has 6 nitrogen and oxygen atoms in total. The first-order chi connectivity index (χ1) is 21.8. The third kappa shape index (κ3) is 14.4. The molecule has 0 N–H and O–H groups in total. The minimum absolute atomic E-state index is 0.0380. The molecule has 0 aromatic heterocycles. The lowest BCUT2D eigenvalue weighted by molar-refractivity contribution is -0.109. The van der Waals surface area contributed by atoms with Gasteiger partial charge in [-0.25, -0.2) is 0 Å². The van der Waals surface area contributed by atoms with Gasteiger partial charge in [0.25, 0.3) is 0 Å². The van der Waals surface area contributed by atoms with Crippen LogP contribution in [0.15, 0.2) is 24.3 Å². The Balaban J connectivity index is 3.51. The van der Waals surface area contributed by atoms with Crippen LogP contribution in [0.4, 0.5) is 0 Å². The molecule has 0 unspecified atom stereocenters. The van der Waals surface area contributed by atoms with Crippen LogP contribution in [0.2, 0.25) is 54.4 Å². The van der Waals surface area contributed by atoms with Crippen LogP contribution in [0, 0.1) is 0 Å². The Morgan fingerprint density at radius 1 is 0.667 bits per heavy atom. The third-order valence-electron chi connectivity index (χ3n) is 11.3. The fourth-order valence-electron chi connectivity index (χ4n) is 4.94. The second kappa shape index (κ2) is 18.6. The average molecular weight is 725 g/mol. The number of benzene rings is 1. The number of ether oxygens (including phenoxy) is 2. The van der Waals surface area contributed by atoms with Crippen molar-refractivity contribution in [2.24, 2.45) is 0 Å². The Morgan fingerprint density at radius 2 is 1.15 bits per heavy atom. The molecule has 0 bridgehead atoms. The van der Waals surface area contributed by atoms with Gasteiger partial charge in [0.2, 0.25) is 0 Å². The van der Waals surface area contributed by atoms with Gasteiger partial charge in [-0.05, 0) is 97.8 Å². The zero-order valence-corrected chi connectivity index (χ0v) is 37.3. The molecule has 48 heavy (non-hydrogen) atoms. The molecular weight excluding hydrogens is 649 g/mol. The molecule has 1 aromatic rings. The summed E-state index contributed by atoms with van der Waals surface area (Å²) in [5.41, 5.74) is 1.13. The van der Waals surface area contributed by atoms with Crippen molar-refractivity contribution in [2.45, 2.75) is 200 Å². The Hall–Kier alpha value is -0.819. The standard InChI is InChI=1S/C39H76O6Si3/c1-18-19-20-35(42-30-31-21-23-32(41-11)24-22-31)36(45-48(16,17)39(8,9)10)26-25-33(43-46(12,13)37(2,3)4)29-34(27-28-40)44-47(14,15)38(5,6)7/h21-24,28,33-36H,18-20,25-27,29-30H2,1-17H3/t33-,34+,35+,36+/m0/s1. The van der Waals surface area contributed by atoms with Gasteiger partial charge in [0.05, 0.1) is 32.0 Å². The van der Waals surface area contributed by atoms with Crippen LogP contribution in [-0.4, -0.2) is 62.8 Å². The highest BCUT2D eigenvalue weighted by Crippen LogP contribution is 2.42. The van der Waals surface area contributed by atoms with Crippen LogP contribution in [0.1, 0.15) is 120 Å². The topological polar surface area (TPSA) is 63.2 Å². The van der Waals surface area contributed by atoms with Crippen LogP contribution in [-0.2, 0) is 29.4 Å². The van der Waals surface area contributed by atoms with E-state index in [1.807, 2.05) is 12.1 Å². The zero-order valence-electron chi connectivity index (χ0n) is 34.3. The van der Waals surface area contributed by atoms with Gasteiger partial charge in [0.15, 0.2) is 25.0 Å². The monoisotopic (exact) mass is 724 g/mol. The van der Waals surface area contributed by atoms with Crippen molar-refractivity contribution < 1.29 is 27.5 Å². The van der Waals surface area contributed by atoms with Crippen molar-refractivity contribution in [1.29, 1.82) is 0 Å². The molecule has 0 aliphatic heterocycles. The highest BCUT2D eigenvalue weighted by Gasteiger charge is 2.44. The SMILES string of the molecule is CCCC[C@@H](OCc1ccc(OC)cc1)[C@@H](CC[C@@H](C[C@@H](CC=O)O[Si](C)(C)C(C)(C)C)O[Si](C)(C)C(C)(C)C)O[Si](C)(C)C(C)(C)C. The molecule has 0 amide bonds. The molecule has 0 aliphatic carbocycles. The van der Waals surface area contributed by atoms with E-state index in [1.165, 1.54) is 0 Å². The molecule has 0 aliphatic rings. The number of hydrogen-bond acceptors (Lipinski definition) is 6. The molecule has 1 rings (SSSR count). The maximum absolute atomic E-state index is 12.0. The third-order valence-corrected chi connectivity index (χ3v) is 24.9. The van der Waals surface area contributed by atoms with E-state index in [4.69, 9.17) is 22.8 Å². The number of carbonyl (C=O) groups is 1. The van der Waals surface area contributed by atoms with Gasteiger partial charge in [-0.15, -0.1) is 0 Å². The van der Waals surface area contributed by atoms with Gasteiger partial charge >= 0.3 is 0 Å². The zero-order chi connectivity index (χ0) is 37.2. The van der Waals surface area contributed by atoms with Gasteiger partial charge in [-0.1, -0.05) is 94.2 Å². The summed E-state index contributed by atoms with van der Waals surface area (Å²) in [5, 5.41) is 0.188. The first-order valence-corrected chi connectivity index (χ1v) is 27.2. The Labute approximate surface area is 300 Å². The summed E-state index contributed by atoms with van der Waals surface area (Å²) >= 11 is 0.